The van der Waals surface area contributed by atoms with Crippen LogP contribution in [0.1, 0.15) is 24.3 Å². The van der Waals surface area contributed by atoms with Crippen LogP contribution in [0.25, 0.3) is 11.4 Å². The zero-order valence-electron chi connectivity index (χ0n) is 13.0. The number of aryl methyl sites for hydroxylation is 2. The van der Waals surface area contributed by atoms with Crippen LogP contribution < -0.4 is 5.73 Å². The van der Waals surface area contributed by atoms with Gasteiger partial charge in [-0.25, -0.2) is 4.39 Å². The van der Waals surface area contributed by atoms with Crippen molar-refractivity contribution in [3.8, 4) is 11.4 Å². The van der Waals surface area contributed by atoms with Gasteiger partial charge >= 0.3 is 0 Å². The maximum atomic E-state index is 13.6. The maximum Gasteiger partial charge on any atom is 0.227 e. The Morgan fingerprint density at radius 1 is 1.52 bits per heavy atom. The Kier molecular flexibility index (Phi) is 4.38. The monoisotopic (exact) mass is 318 g/mol. The third kappa shape index (κ3) is 3.56. The van der Waals surface area contributed by atoms with Gasteiger partial charge in [-0.15, -0.1) is 0 Å². The van der Waals surface area contributed by atoms with E-state index in [1.54, 1.807) is 24.0 Å². The summed E-state index contributed by atoms with van der Waals surface area (Å²) in [6.07, 6.45) is 1.51. The second kappa shape index (κ2) is 6.45. The van der Waals surface area contributed by atoms with E-state index in [1.165, 1.54) is 6.07 Å². The largest absolute Gasteiger partial charge is 0.341 e. The molecule has 0 spiro atoms. The highest BCUT2D eigenvalue weighted by atomic mass is 19.1. The standard InChI is InChI=1S/C16H19FN4O2/c1-10-2-3-11(8-13(10)17)16-19-14(23-20-16)4-5-15(22)21-7-6-12(18)9-21/h2-3,8,12H,4-7,9,18H2,1H3/t12-/m1/s1. The first-order chi connectivity index (χ1) is 11.0. The number of likely N-dealkylation sites (tertiary alicyclic amines) is 1. The Labute approximate surface area is 133 Å². The van der Waals surface area contributed by atoms with Crippen molar-refractivity contribution in [3.63, 3.8) is 0 Å². The number of nitrogens with zero attached hydrogens (tertiary/aromatic N) is 3. The van der Waals surface area contributed by atoms with Crippen molar-refractivity contribution in [1.82, 2.24) is 15.0 Å². The molecule has 2 N–H and O–H groups in total. The van der Waals surface area contributed by atoms with Gasteiger partial charge in [-0.1, -0.05) is 17.3 Å². The van der Waals surface area contributed by atoms with Gasteiger partial charge in [-0.05, 0) is 25.0 Å². The molecule has 0 radical (unpaired) electrons. The fourth-order valence-corrected chi connectivity index (χ4v) is 2.59. The van der Waals surface area contributed by atoms with Crippen molar-refractivity contribution in [2.24, 2.45) is 5.73 Å². The summed E-state index contributed by atoms with van der Waals surface area (Å²) < 4.78 is 18.7. The number of aromatic nitrogens is 2. The van der Waals surface area contributed by atoms with E-state index in [-0.39, 0.29) is 17.8 Å². The van der Waals surface area contributed by atoms with E-state index in [1.807, 2.05) is 0 Å². The topological polar surface area (TPSA) is 85.2 Å². The predicted molar refractivity (Wildman–Crippen MR) is 81.9 cm³/mol. The SMILES string of the molecule is Cc1ccc(-c2noc(CCC(=O)N3CC[C@@H](N)C3)n2)cc1F. The second-order valence-electron chi connectivity index (χ2n) is 5.86. The van der Waals surface area contributed by atoms with E-state index in [9.17, 15) is 9.18 Å². The van der Waals surface area contributed by atoms with Gasteiger partial charge in [0.05, 0.1) is 0 Å². The molecule has 0 aliphatic carbocycles. The number of amides is 1. The Hall–Kier alpha value is -2.28. The van der Waals surface area contributed by atoms with Crippen molar-refractivity contribution < 1.29 is 13.7 Å². The van der Waals surface area contributed by atoms with Gasteiger partial charge in [-0.2, -0.15) is 4.98 Å². The van der Waals surface area contributed by atoms with E-state index in [0.717, 1.165) is 6.42 Å². The van der Waals surface area contributed by atoms with Crippen LogP contribution in [0.5, 0.6) is 0 Å². The Morgan fingerprint density at radius 2 is 2.35 bits per heavy atom. The van der Waals surface area contributed by atoms with E-state index in [2.05, 4.69) is 10.1 Å². The second-order valence-corrected chi connectivity index (χ2v) is 5.86. The van der Waals surface area contributed by atoms with Gasteiger partial charge in [0.25, 0.3) is 0 Å². The molecular weight excluding hydrogens is 299 g/mol. The number of carbonyl (C=O) groups is 1. The zero-order chi connectivity index (χ0) is 16.4. The van der Waals surface area contributed by atoms with Crippen LogP contribution in [0.3, 0.4) is 0 Å². The van der Waals surface area contributed by atoms with E-state index >= 15 is 0 Å². The highest BCUT2D eigenvalue weighted by Gasteiger charge is 2.23. The normalized spacial score (nSPS) is 17.7. The molecule has 0 unspecified atom stereocenters. The molecule has 1 aromatic carbocycles. The highest BCUT2D eigenvalue weighted by molar-refractivity contribution is 5.76. The molecule has 3 rings (SSSR count). The first-order valence-corrected chi connectivity index (χ1v) is 7.65. The lowest BCUT2D eigenvalue weighted by Gasteiger charge is -2.14. The Morgan fingerprint density at radius 3 is 3.04 bits per heavy atom. The van der Waals surface area contributed by atoms with Crippen LogP contribution in [-0.4, -0.2) is 40.1 Å². The fourth-order valence-electron chi connectivity index (χ4n) is 2.59. The summed E-state index contributed by atoms with van der Waals surface area (Å²) in [5.41, 5.74) is 6.91. The van der Waals surface area contributed by atoms with Crippen LogP contribution in [0, 0.1) is 12.7 Å². The molecule has 1 fully saturated rings. The van der Waals surface area contributed by atoms with Crippen LogP contribution in [-0.2, 0) is 11.2 Å². The maximum absolute atomic E-state index is 13.6. The molecule has 0 bridgehead atoms. The average molecular weight is 318 g/mol. The summed E-state index contributed by atoms with van der Waals surface area (Å²) in [4.78, 5) is 18.0. The number of hydrogen-bond acceptors (Lipinski definition) is 5. The molecule has 1 aliphatic heterocycles. The molecule has 1 aromatic heterocycles. The van der Waals surface area contributed by atoms with Crippen LogP contribution in [0.2, 0.25) is 0 Å². The van der Waals surface area contributed by atoms with E-state index < -0.39 is 0 Å². The van der Waals surface area contributed by atoms with Crippen LogP contribution in [0.4, 0.5) is 4.39 Å². The summed E-state index contributed by atoms with van der Waals surface area (Å²) in [5.74, 6) is 0.431. The molecule has 122 valence electrons. The minimum absolute atomic E-state index is 0.0408. The molecule has 2 aromatic rings. The van der Waals surface area contributed by atoms with Crippen LogP contribution in [0.15, 0.2) is 22.7 Å². The van der Waals surface area contributed by atoms with E-state index in [4.69, 9.17) is 10.3 Å². The van der Waals surface area contributed by atoms with Gasteiger partial charge in [-0.3, -0.25) is 4.79 Å². The number of nitrogens with two attached hydrogens (primary N) is 1. The summed E-state index contributed by atoms with van der Waals surface area (Å²) in [5, 5.41) is 3.85. The van der Waals surface area contributed by atoms with Gasteiger partial charge < -0.3 is 15.2 Å². The third-order valence-electron chi connectivity index (χ3n) is 4.03. The van der Waals surface area contributed by atoms with Gasteiger partial charge in [0.2, 0.25) is 17.6 Å². The van der Waals surface area contributed by atoms with Gasteiger partial charge in [0, 0.05) is 37.5 Å². The van der Waals surface area contributed by atoms with E-state index in [0.29, 0.717) is 48.8 Å². The highest BCUT2D eigenvalue weighted by Crippen LogP contribution is 2.19. The first kappa shape index (κ1) is 15.6. The molecule has 2 heterocycles. The number of hydrogen-bond donors (Lipinski definition) is 1. The van der Waals surface area contributed by atoms with Crippen molar-refractivity contribution >= 4 is 5.91 Å². The summed E-state index contributed by atoms with van der Waals surface area (Å²) >= 11 is 0. The molecule has 6 nitrogen and oxygen atoms in total. The van der Waals surface area contributed by atoms with Crippen molar-refractivity contribution in [1.29, 1.82) is 0 Å². The van der Waals surface area contributed by atoms with Gasteiger partial charge in [0.15, 0.2) is 0 Å². The summed E-state index contributed by atoms with van der Waals surface area (Å²) in [6, 6.07) is 4.86. The molecule has 0 saturated carbocycles. The number of carbonyl (C=O) groups excluding carboxylic acids is 1. The molecule has 1 amide bonds. The summed E-state index contributed by atoms with van der Waals surface area (Å²) in [6.45, 7) is 3.00. The number of rotatable bonds is 4. The summed E-state index contributed by atoms with van der Waals surface area (Å²) in [7, 11) is 0. The first-order valence-electron chi connectivity index (χ1n) is 7.65. The third-order valence-corrected chi connectivity index (χ3v) is 4.03. The fraction of sp³-hybridized carbons (Fsp3) is 0.438. The van der Waals surface area contributed by atoms with Crippen molar-refractivity contribution in [2.75, 3.05) is 13.1 Å². The lowest BCUT2D eigenvalue weighted by Crippen LogP contribution is -2.31. The smallest absolute Gasteiger partial charge is 0.227 e. The molecule has 1 aliphatic rings. The zero-order valence-corrected chi connectivity index (χ0v) is 13.0. The number of benzene rings is 1. The predicted octanol–water partition coefficient (Wildman–Crippen LogP) is 1.68. The molecule has 7 heteroatoms. The lowest BCUT2D eigenvalue weighted by atomic mass is 10.1. The minimum Gasteiger partial charge on any atom is -0.341 e. The lowest BCUT2D eigenvalue weighted by molar-refractivity contribution is -0.130. The van der Waals surface area contributed by atoms with Crippen molar-refractivity contribution in [2.45, 2.75) is 32.2 Å². The van der Waals surface area contributed by atoms with Crippen molar-refractivity contribution in [3.05, 3.63) is 35.5 Å². The molecule has 1 atom stereocenters. The Balaban J connectivity index is 1.61. The number of halogens is 1. The minimum atomic E-state index is -0.311. The average Bonchev–Trinajstić information content (AvgIpc) is 3.17. The molecular formula is C16H19FN4O2. The molecule has 1 saturated heterocycles. The molecule has 23 heavy (non-hydrogen) atoms. The van der Waals surface area contributed by atoms with Gasteiger partial charge in [0.1, 0.15) is 5.82 Å². The Bertz CT molecular complexity index is 716. The quantitative estimate of drug-likeness (QED) is 0.927. The van der Waals surface area contributed by atoms with Crippen LogP contribution >= 0.6 is 0 Å².